The van der Waals surface area contributed by atoms with Gasteiger partial charge < -0.3 is 48.8 Å². The van der Waals surface area contributed by atoms with Gasteiger partial charge >= 0.3 is 0 Å². The standard InChI is InChI=1S/C38H58N10O10/c1-8-19(5)31(43-21(7)49)37(56)47-32(20(6)9-2)36(55)45-26(14-22-17-42-24-13-11-10-12-23(22)24)38(57)48(58)27(16-29(40)51)34(53)46-30(18(3)4)35(54)44-25(33(41)52)15-28(39)50/h10-13,17-20,25-27,30-32,42,58H,8-9,14-16H2,1-7H3,(H2,39,50)(H2,40,51)(H2,41,52)(H,43,49)(H,44,54)(H,45,55)(H,46,53)(H,47,56)/t19-,20-,25-,26-,27-,30-,31-,32-/m0/s1. The van der Waals surface area contributed by atoms with E-state index in [1.54, 1.807) is 51.2 Å². The van der Waals surface area contributed by atoms with Gasteiger partial charge in [-0.2, -0.15) is 0 Å². The summed E-state index contributed by atoms with van der Waals surface area (Å²) < 4.78 is 0. The van der Waals surface area contributed by atoms with Gasteiger partial charge in [-0.05, 0) is 29.4 Å². The van der Waals surface area contributed by atoms with Crippen LogP contribution in [0.3, 0.4) is 0 Å². The van der Waals surface area contributed by atoms with Gasteiger partial charge in [0.2, 0.25) is 47.3 Å². The minimum atomic E-state index is -2.04. The number of hydroxylamine groups is 2. The van der Waals surface area contributed by atoms with E-state index < -0.39 is 114 Å². The van der Waals surface area contributed by atoms with E-state index in [2.05, 4.69) is 31.6 Å². The topological polar surface area (TPSA) is 331 Å². The molecule has 0 spiro atoms. The van der Waals surface area contributed by atoms with Gasteiger partial charge in [-0.25, -0.2) is 5.06 Å². The number of aromatic nitrogens is 1. The number of para-hydroxylation sites is 1. The molecule has 0 saturated heterocycles. The molecule has 9 amide bonds. The normalized spacial score (nSPS) is 15.3. The van der Waals surface area contributed by atoms with Crippen LogP contribution in [-0.2, 0) is 49.6 Å². The summed E-state index contributed by atoms with van der Waals surface area (Å²) in [5, 5.41) is 24.6. The maximum atomic E-state index is 14.3. The van der Waals surface area contributed by atoms with Gasteiger partial charge in [0.1, 0.15) is 36.3 Å². The molecule has 2 aromatic rings. The largest absolute Gasteiger partial charge is 0.370 e. The molecule has 58 heavy (non-hydrogen) atoms. The van der Waals surface area contributed by atoms with Crippen LogP contribution in [-0.4, -0.2) is 105 Å². The van der Waals surface area contributed by atoms with Gasteiger partial charge in [0, 0.05) is 30.4 Å². The fourth-order valence-corrected chi connectivity index (χ4v) is 6.11. The molecule has 8 atom stereocenters. The third-order valence-corrected chi connectivity index (χ3v) is 9.89. The van der Waals surface area contributed by atoms with Crippen LogP contribution in [0.15, 0.2) is 30.5 Å². The van der Waals surface area contributed by atoms with Crippen LogP contribution in [0.5, 0.6) is 0 Å². The molecule has 1 aromatic heterocycles. The van der Waals surface area contributed by atoms with E-state index in [-0.39, 0.29) is 17.4 Å². The van der Waals surface area contributed by atoms with Crippen molar-refractivity contribution >= 4 is 64.1 Å². The lowest BCUT2D eigenvalue weighted by atomic mass is 9.94. The van der Waals surface area contributed by atoms with Crippen molar-refractivity contribution in [2.45, 2.75) is 117 Å². The summed E-state index contributed by atoms with van der Waals surface area (Å²) >= 11 is 0. The number of H-pyrrole nitrogens is 1. The first kappa shape index (κ1) is 48.1. The van der Waals surface area contributed by atoms with E-state index in [4.69, 9.17) is 17.2 Å². The minimum absolute atomic E-state index is 0.0545. The Bertz CT molecular complexity index is 1830. The lowest BCUT2D eigenvalue weighted by Gasteiger charge is -2.32. The number of benzene rings is 1. The molecule has 320 valence electrons. The smallest absolute Gasteiger partial charge is 0.269 e. The van der Waals surface area contributed by atoms with E-state index >= 15 is 0 Å². The Morgan fingerprint density at radius 1 is 0.690 bits per heavy atom. The maximum absolute atomic E-state index is 14.3. The first-order valence-electron chi connectivity index (χ1n) is 19.0. The first-order valence-corrected chi connectivity index (χ1v) is 19.0. The molecule has 0 bridgehead atoms. The highest BCUT2D eigenvalue weighted by Crippen LogP contribution is 2.21. The van der Waals surface area contributed by atoms with E-state index in [0.29, 0.717) is 29.3 Å². The third-order valence-electron chi connectivity index (χ3n) is 9.89. The zero-order valence-corrected chi connectivity index (χ0v) is 33.9. The van der Waals surface area contributed by atoms with Crippen LogP contribution in [0.1, 0.15) is 79.7 Å². The Morgan fingerprint density at radius 2 is 1.19 bits per heavy atom. The highest BCUT2D eigenvalue weighted by atomic mass is 16.5. The Morgan fingerprint density at radius 3 is 1.71 bits per heavy atom. The summed E-state index contributed by atoms with van der Waals surface area (Å²) in [5.41, 5.74) is 17.1. The second kappa shape index (κ2) is 22.0. The molecule has 20 nitrogen and oxygen atoms in total. The lowest BCUT2D eigenvalue weighted by molar-refractivity contribution is -0.183. The average Bonchev–Trinajstić information content (AvgIpc) is 3.56. The highest BCUT2D eigenvalue weighted by Gasteiger charge is 2.40. The van der Waals surface area contributed by atoms with E-state index in [0.717, 1.165) is 0 Å². The Kier molecular flexibility index (Phi) is 18.3. The number of rotatable bonds is 23. The van der Waals surface area contributed by atoms with E-state index in [1.807, 2.05) is 6.92 Å². The number of nitrogens with zero attached hydrogens (tertiary/aromatic N) is 1. The monoisotopic (exact) mass is 814 g/mol. The number of fused-ring (bicyclic) bond motifs is 1. The molecule has 1 aromatic carbocycles. The summed E-state index contributed by atoms with van der Waals surface area (Å²) in [5.74, 6) is -10.0. The fourth-order valence-electron chi connectivity index (χ4n) is 6.11. The number of nitrogens with two attached hydrogens (primary N) is 3. The quantitative estimate of drug-likeness (QED) is 0.0468. The van der Waals surface area contributed by atoms with Gasteiger partial charge in [0.25, 0.3) is 5.91 Å². The summed E-state index contributed by atoms with van der Waals surface area (Å²) in [6.45, 7) is 11.4. The number of carbonyl (C=O) groups excluding carboxylic acids is 9. The number of amides is 9. The predicted molar refractivity (Wildman–Crippen MR) is 210 cm³/mol. The van der Waals surface area contributed by atoms with Crippen LogP contribution < -0.4 is 43.8 Å². The molecule has 2 rings (SSSR count). The molecule has 0 aliphatic heterocycles. The number of carbonyl (C=O) groups is 9. The van der Waals surface area contributed by atoms with E-state index in [9.17, 15) is 48.4 Å². The summed E-state index contributed by atoms with van der Waals surface area (Å²) in [6.07, 6.45) is 0.678. The SMILES string of the molecule is CC[C@H](C)[C@H](NC(C)=O)C(=O)N[C@H](C(=O)N[C@@H](Cc1c[nH]c2ccccc12)C(=O)N(O)[C@@H](CC(N)=O)C(=O)N[C@H](C(=O)N[C@@H](CC(N)=O)C(N)=O)C(C)C)[C@@H](C)CC. The molecule has 1 heterocycles. The number of hydrogen-bond donors (Lipinski definition) is 10. The number of primary amides is 3. The molecule has 0 aliphatic rings. The van der Waals surface area contributed by atoms with Crippen molar-refractivity contribution in [3.05, 3.63) is 36.0 Å². The molecule has 0 unspecified atom stereocenters. The van der Waals surface area contributed by atoms with Gasteiger partial charge in [-0.15, -0.1) is 0 Å². The van der Waals surface area contributed by atoms with Crippen LogP contribution >= 0.6 is 0 Å². The molecule has 0 fully saturated rings. The number of nitrogens with one attached hydrogen (secondary N) is 6. The van der Waals surface area contributed by atoms with Crippen LogP contribution in [0, 0.1) is 17.8 Å². The van der Waals surface area contributed by atoms with Gasteiger partial charge in [0.15, 0.2) is 0 Å². The van der Waals surface area contributed by atoms with Crippen LogP contribution in [0.25, 0.3) is 10.9 Å². The van der Waals surface area contributed by atoms with Crippen molar-refractivity contribution in [1.29, 1.82) is 0 Å². The Hall–Kier alpha value is -6.05. The summed E-state index contributed by atoms with van der Waals surface area (Å²) in [7, 11) is 0. The van der Waals surface area contributed by atoms with Crippen molar-refractivity contribution in [3.8, 4) is 0 Å². The fraction of sp³-hybridized carbons (Fsp3) is 0.553. The Balaban J connectivity index is 2.56. The average molecular weight is 815 g/mol. The van der Waals surface area contributed by atoms with Gasteiger partial charge in [-0.3, -0.25) is 48.4 Å². The number of hydrogen-bond acceptors (Lipinski definition) is 10. The number of aromatic amines is 1. The van der Waals surface area contributed by atoms with Crippen molar-refractivity contribution in [3.63, 3.8) is 0 Å². The summed E-state index contributed by atoms with van der Waals surface area (Å²) in [4.78, 5) is 120. The molecule has 13 N–H and O–H groups in total. The minimum Gasteiger partial charge on any atom is -0.370 e. The van der Waals surface area contributed by atoms with E-state index in [1.165, 1.54) is 20.8 Å². The van der Waals surface area contributed by atoms with Crippen molar-refractivity contribution < 1.29 is 48.4 Å². The molecule has 0 saturated carbocycles. The second-order valence-corrected chi connectivity index (χ2v) is 14.8. The van der Waals surface area contributed by atoms with Crippen LogP contribution in [0.2, 0.25) is 0 Å². The second-order valence-electron chi connectivity index (χ2n) is 14.8. The van der Waals surface area contributed by atoms with Gasteiger partial charge in [0.05, 0.1) is 12.8 Å². The third kappa shape index (κ3) is 13.6. The molecule has 0 aliphatic carbocycles. The van der Waals surface area contributed by atoms with Crippen molar-refractivity contribution in [2.75, 3.05) is 0 Å². The van der Waals surface area contributed by atoms with Crippen molar-refractivity contribution in [2.24, 2.45) is 35.0 Å². The Labute approximate surface area is 336 Å². The maximum Gasteiger partial charge on any atom is 0.269 e. The zero-order valence-electron chi connectivity index (χ0n) is 33.9. The molecular formula is C38H58N10O10. The lowest BCUT2D eigenvalue weighted by Crippen LogP contribution is -2.62. The molecular weight excluding hydrogens is 756 g/mol. The summed E-state index contributed by atoms with van der Waals surface area (Å²) in [6, 6.07) is -1.81. The predicted octanol–water partition coefficient (Wildman–Crippen LogP) is -1.27. The highest BCUT2D eigenvalue weighted by molar-refractivity contribution is 5.99. The molecule has 20 heteroatoms. The van der Waals surface area contributed by atoms with Crippen molar-refractivity contribution in [1.82, 2.24) is 36.6 Å². The molecule has 0 radical (unpaired) electrons. The van der Waals surface area contributed by atoms with Crippen LogP contribution in [0.4, 0.5) is 0 Å². The first-order chi connectivity index (χ1) is 27.1. The van der Waals surface area contributed by atoms with Gasteiger partial charge in [-0.1, -0.05) is 72.6 Å². The zero-order chi connectivity index (χ0) is 44.0.